The van der Waals surface area contributed by atoms with Crippen molar-refractivity contribution in [3.05, 3.63) is 39.4 Å². The van der Waals surface area contributed by atoms with Crippen LogP contribution in [0.15, 0.2) is 18.2 Å². The second kappa shape index (κ2) is 4.89. The van der Waals surface area contributed by atoms with E-state index < -0.39 is 0 Å². The van der Waals surface area contributed by atoms with Gasteiger partial charge in [0.1, 0.15) is 0 Å². The maximum Gasteiger partial charge on any atom is 0.272 e. The summed E-state index contributed by atoms with van der Waals surface area (Å²) in [4.78, 5) is 10.4. The van der Waals surface area contributed by atoms with Gasteiger partial charge in [0, 0.05) is 17.7 Å². The van der Waals surface area contributed by atoms with E-state index in [1.807, 2.05) is 19.9 Å². The van der Waals surface area contributed by atoms with Gasteiger partial charge in [-0.15, -0.1) is 0 Å². The molecule has 0 bridgehead atoms. The van der Waals surface area contributed by atoms with Crippen molar-refractivity contribution >= 4 is 5.69 Å². The van der Waals surface area contributed by atoms with Crippen LogP contribution in [0.5, 0.6) is 0 Å². The fourth-order valence-corrected chi connectivity index (χ4v) is 1.48. The molecule has 0 spiro atoms. The van der Waals surface area contributed by atoms with E-state index in [9.17, 15) is 10.1 Å². The molecular formula is C11H16N2O2. The molecule has 0 fully saturated rings. The highest BCUT2D eigenvalue weighted by atomic mass is 16.6. The van der Waals surface area contributed by atoms with Gasteiger partial charge in [0.05, 0.1) is 4.92 Å². The average molecular weight is 208 g/mol. The Labute approximate surface area is 89.2 Å². The number of aryl methyl sites for hydroxylation is 2. The number of rotatable bonds is 4. The zero-order valence-electron chi connectivity index (χ0n) is 9.06. The Kier molecular flexibility index (Phi) is 3.80. The van der Waals surface area contributed by atoms with E-state index in [0.717, 1.165) is 17.5 Å². The first kappa shape index (κ1) is 11.7. The number of benzene rings is 1. The van der Waals surface area contributed by atoms with Gasteiger partial charge in [-0.2, -0.15) is 0 Å². The third-order valence-corrected chi connectivity index (χ3v) is 2.30. The van der Waals surface area contributed by atoms with Crippen molar-refractivity contribution in [1.29, 1.82) is 0 Å². The minimum absolute atomic E-state index is 0.0742. The SMILES string of the molecule is Cc1ccc([N+](=O)[O-])c(CCC(C)N)c1. The Balaban J connectivity index is 2.92. The van der Waals surface area contributed by atoms with Crippen molar-refractivity contribution in [3.63, 3.8) is 0 Å². The molecule has 1 unspecified atom stereocenters. The van der Waals surface area contributed by atoms with Crippen LogP contribution < -0.4 is 5.73 Å². The van der Waals surface area contributed by atoms with Crippen LogP contribution in [0.1, 0.15) is 24.5 Å². The fraction of sp³-hybridized carbons (Fsp3) is 0.455. The Morgan fingerprint density at radius 1 is 1.53 bits per heavy atom. The van der Waals surface area contributed by atoms with Gasteiger partial charge in [-0.1, -0.05) is 11.6 Å². The van der Waals surface area contributed by atoms with Crippen LogP contribution in [0.25, 0.3) is 0 Å². The largest absolute Gasteiger partial charge is 0.328 e. The van der Waals surface area contributed by atoms with E-state index in [4.69, 9.17) is 5.73 Å². The molecule has 0 saturated heterocycles. The van der Waals surface area contributed by atoms with Crippen LogP contribution in [0.2, 0.25) is 0 Å². The topological polar surface area (TPSA) is 69.2 Å². The summed E-state index contributed by atoms with van der Waals surface area (Å²) in [6.45, 7) is 3.83. The molecule has 0 aliphatic rings. The van der Waals surface area contributed by atoms with Gasteiger partial charge >= 0.3 is 0 Å². The molecule has 0 radical (unpaired) electrons. The lowest BCUT2D eigenvalue weighted by Gasteiger charge is -2.06. The summed E-state index contributed by atoms with van der Waals surface area (Å²) in [5, 5.41) is 10.8. The van der Waals surface area contributed by atoms with Crippen LogP contribution >= 0.6 is 0 Å². The van der Waals surface area contributed by atoms with Crippen molar-refractivity contribution in [2.75, 3.05) is 0 Å². The third-order valence-electron chi connectivity index (χ3n) is 2.30. The molecule has 0 aromatic heterocycles. The minimum Gasteiger partial charge on any atom is -0.328 e. The second-order valence-corrected chi connectivity index (χ2v) is 3.91. The molecular weight excluding hydrogens is 192 g/mol. The summed E-state index contributed by atoms with van der Waals surface area (Å²) >= 11 is 0. The monoisotopic (exact) mass is 208 g/mol. The smallest absolute Gasteiger partial charge is 0.272 e. The predicted molar refractivity (Wildman–Crippen MR) is 59.8 cm³/mol. The van der Waals surface area contributed by atoms with Gasteiger partial charge in [0.2, 0.25) is 0 Å². The zero-order valence-corrected chi connectivity index (χ0v) is 9.06. The van der Waals surface area contributed by atoms with Crippen molar-refractivity contribution in [1.82, 2.24) is 0 Å². The predicted octanol–water partition coefficient (Wildman–Crippen LogP) is 2.18. The molecule has 1 aromatic rings. The highest BCUT2D eigenvalue weighted by Gasteiger charge is 2.13. The first-order valence-electron chi connectivity index (χ1n) is 5.00. The molecule has 4 heteroatoms. The highest BCUT2D eigenvalue weighted by Crippen LogP contribution is 2.21. The van der Waals surface area contributed by atoms with Gasteiger partial charge in [0.25, 0.3) is 5.69 Å². The Bertz CT molecular complexity index is 362. The molecule has 1 atom stereocenters. The Morgan fingerprint density at radius 2 is 2.20 bits per heavy atom. The van der Waals surface area contributed by atoms with Gasteiger partial charge in [-0.3, -0.25) is 10.1 Å². The first-order chi connectivity index (χ1) is 7.00. The van der Waals surface area contributed by atoms with E-state index in [2.05, 4.69) is 0 Å². The summed E-state index contributed by atoms with van der Waals surface area (Å²) in [5.74, 6) is 0. The van der Waals surface area contributed by atoms with Gasteiger partial charge in [-0.25, -0.2) is 0 Å². The standard InChI is InChI=1S/C11H16N2O2/c1-8-3-6-11(13(14)15)10(7-8)5-4-9(2)12/h3,6-7,9H,4-5,12H2,1-2H3. The number of nitro benzene ring substituents is 1. The molecule has 15 heavy (non-hydrogen) atoms. The molecule has 0 aliphatic carbocycles. The van der Waals surface area contributed by atoms with Crippen LogP contribution in [0.4, 0.5) is 5.69 Å². The van der Waals surface area contributed by atoms with E-state index in [1.54, 1.807) is 12.1 Å². The number of nitrogens with zero attached hydrogens (tertiary/aromatic N) is 1. The number of hydrogen-bond acceptors (Lipinski definition) is 3. The van der Waals surface area contributed by atoms with E-state index >= 15 is 0 Å². The summed E-state index contributed by atoms with van der Waals surface area (Å²) in [5.41, 5.74) is 7.65. The van der Waals surface area contributed by atoms with Crippen molar-refractivity contribution in [3.8, 4) is 0 Å². The summed E-state index contributed by atoms with van der Waals surface area (Å²) in [6, 6.07) is 5.25. The fourth-order valence-electron chi connectivity index (χ4n) is 1.48. The van der Waals surface area contributed by atoms with Crippen LogP contribution in [-0.2, 0) is 6.42 Å². The number of hydrogen-bond donors (Lipinski definition) is 1. The van der Waals surface area contributed by atoms with Gasteiger partial charge in [-0.05, 0) is 32.8 Å². The number of nitrogens with two attached hydrogens (primary N) is 1. The lowest BCUT2D eigenvalue weighted by Crippen LogP contribution is -2.15. The first-order valence-corrected chi connectivity index (χ1v) is 5.00. The second-order valence-electron chi connectivity index (χ2n) is 3.91. The lowest BCUT2D eigenvalue weighted by atomic mass is 10.0. The van der Waals surface area contributed by atoms with Crippen molar-refractivity contribution in [2.45, 2.75) is 32.7 Å². The molecule has 0 amide bonds. The number of nitro groups is 1. The molecule has 0 heterocycles. The van der Waals surface area contributed by atoms with Crippen LogP contribution in [0.3, 0.4) is 0 Å². The maximum absolute atomic E-state index is 10.8. The molecule has 1 rings (SSSR count). The van der Waals surface area contributed by atoms with Crippen LogP contribution in [0, 0.1) is 17.0 Å². The average Bonchev–Trinajstić information content (AvgIpc) is 2.14. The van der Waals surface area contributed by atoms with Crippen molar-refractivity contribution in [2.24, 2.45) is 5.73 Å². The zero-order chi connectivity index (χ0) is 11.4. The summed E-state index contributed by atoms with van der Waals surface area (Å²) < 4.78 is 0. The Hall–Kier alpha value is -1.42. The molecule has 2 N–H and O–H groups in total. The molecule has 0 saturated carbocycles. The van der Waals surface area contributed by atoms with Crippen LogP contribution in [-0.4, -0.2) is 11.0 Å². The molecule has 0 aliphatic heterocycles. The molecule has 82 valence electrons. The van der Waals surface area contributed by atoms with Gasteiger partial charge in [0.15, 0.2) is 0 Å². The quantitative estimate of drug-likeness (QED) is 0.609. The van der Waals surface area contributed by atoms with E-state index in [-0.39, 0.29) is 16.7 Å². The minimum atomic E-state index is -0.337. The molecule has 1 aromatic carbocycles. The van der Waals surface area contributed by atoms with Crippen molar-refractivity contribution < 1.29 is 4.92 Å². The van der Waals surface area contributed by atoms with E-state index in [0.29, 0.717) is 6.42 Å². The highest BCUT2D eigenvalue weighted by molar-refractivity contribution is 5.42. The summed E-state index contributed by atoms with van der Waals surface area (Å²) in [6.07, 6.45) is 1.43. The third kappa shape index (κ3) is 3.32. The summed E-state index contributed by atoms with van der Waals surface area (Å²) in [7, 11) is 0. The lowest BCUT2D eigenvalue weighted by molar-refractivity contribution is -0.385. The van der Waals surface area contributed by atoms with E-state index in [1.165, 1.54) is 0 Å². The molecule has 4 nitrogen and oxygen atoms in total. The Morgan fingerprint density at radius 3 is 2.73 bits per heavy atom. The van der Waals surface area contributed by atoms with Gasteiger partial charge < -0.3 is 5.73 Å². The maximum atomic E-state index is 10.8. The normalized spacial score (nSPS) is 12.5.